The molecule has 0 aliphatic carbocycles. The lowest BCUT2D eigenvalue weighted by Gasteiger charge is -2.23. The monoisotopic (exact) mass is 338 g/mol. The summed E-state index contributed by atoms with van der Waals surface area (Å²) in [6.07, 6.45) is 6.97. The molecule has 0 atom stereocenters. The molecule has 0 saturated carbocycles. The molecule has 0 spiro atoms. The smallest absolute Gasteiger partial charge is 0.274 e. The molecule has 3 rings (SSSR count). The quantitative estimate of drug-likeness (QED) is 0.809. The van der Waals surface area contributed by atoms with E-state index in [1.54, 1.807) is 4.90 Å². The number of rotatable bonds is 6. The van der Waals surface area contributed by atoms with Crippen molar-refractivity contribution in [2.45, 2.75) is 25.8 Å². The van der Waals surface area contributed by atoms with Crippen molar-refractivity contribution in [3.63, 3.8) is 0 Å². The van der Waals surface area contributed by atoms with E-state index in [-0.39, 0.29) is 11.8 Å². The van der Waals surface area contributed by atoms with Gasteiger partial charge in [-0.2, -0.15) is 0 Å². The second-order valence-corrected chi connectivity index (χ2v) is 6.14. The third kappa shape index (κ3) is 4.62. The van der Waals surface area contributed by atoms with Crippen molar-refractivity contribution < 1.29 is 9.59 Å². The van der Waals surface area contributed by atoms with Crippen LogP contribution in [0.3, 0.4) is 0 Å². The molecular formula is C19H22N4O2. The van der Waals surface area contributed by atoms with E-state index in [9.17, 15) is 9.59 Å². The Kier molecular flexibility index (Phi) is 5.72. The van der Waals surface area contributed by atoms with E-state index in [0.29, 0.717) is 25.2 Å². The normalized spacial score (nSPS) is 13.7. The van der Waals surface area contributed by atoms with Gasteiger partial charge in [0, 0.05) is 45.0 Å². The van der Waals surface area contributed by atoms with Crippen LogP contribution in [0.25, 0.3) is 0 Å². The maximum absolute atomic E-state index is 12.8. The first-order valence-electron chi connectivity index (χ1n) is 8.61. The maximum Gasteiger partial charge on any atom is 0.274 e. The highest BCUT2D eigenvalue weighted by atomic mass is 16.2. The van der Waals surface area contributed by atoms with Gasteiger partial charge in [0.15, 0.2) is 0 Å². The van der Waals surface area contributed by atoms with Crippen LogP contribution in [0.5, 0.6) is 0 Å². The summed E-state index contributed by atoms with van der Waals surface area (Å²) < 4.78 is 0. The Morgan fingerprint density at radius 1 is 1.08 bits per heavy atom. The number of carbonyl (C=O) groups is 2. The number of hydrogen-bond donors (Lipinski definition) is 0. The van der Waals surface area contributed by atoms with Gasteiger partial charge in [-0.05, 0) is 18.4 Å². The lowest BCUT2D eigenvalue weighted by molar-refractivity contribution is -0.130. The zero-order valence-corrected chi connectivity index (χ0v) is 14.2. The van der Waals surface area contributed by atoms with Crippen LogP contribution in [0.15, 0.2) is 48.9 Å². The number of hydrogen-bond acceptors (Lipinski definition) is 4. The molecule has 2 heterocycles. The van der Waals surface area contributed by atoms with E-state index in [2.05, 4.69) is 9.97 Å². The highest BCUT2D eigenvalue weighted by molar-refractivity contribution is 5.92. The molecule has 2 aromatic rings. The Balaban J connectivity index is 1.69. The van der Waals surface area contributed by atoms with Gasteiger partial charge in [-0.3, -0.25) is 14.6 Å². The van der Waals surface area contributed by atoms with E-state index in [0.717, 1.165) is 31.5 Å². The molecule has 1 fully saturated rings. The fraction of sp³-hybridized carbons (Fsp3) is 0.368. The van der Waals surface area contributed by atoms with Crippen molar-refractivity contribution in [1.82, 2.24) is 19.8 Å². The lowest BCUT2D eigenvalue weighted by atomic mass is 10.2. The van der Waals surface area contributed by atoms with Gasteiger partial charge in [-0.15, -0.1) is 0 Å². The third-order valence-electron chi connectivity index (χ3n) is 4.34. The van der Waals surface area contributed by atoms with Crippen LogP contribution >= 0.6 is 0 Å². The Bertz CT molecular complexity index is 700. The molecule has 0 unspecified atom stereocenters. The number of nitrogens with zero attached hydrogens (tertiary/aromatic N) is 4. The van der Waals surface area contributed by atoms with Gasteiger partial charge >= 0.3 is 0 Å². The van der Waals surface area contributed by atoms with Crippen molar-refractivity contribution in [3.8, 4) is 0 Å². The minimum absolute atomic E-state index is 0.113. The highest BCUT2D eigenvalue weighted by Crippen LogP contribution is 2.12. The van der Waals surface area contributed by atoms with Gasteiger partial charge in [-0.25, -0.2) is 4.98 Å². The number of amides is 2. The van der Waals surface area contributed by atoms with Crippen LogP contribution in [-0.4, -0.2) is 51.2 Å². The van der Waals surface area contributed by atoms with Crippen molar-refractivity contribution in [2.75, 3.05) is 19.6 Å². The van der Waals surface area contributed by atoms with Crippen LogP contribution in [0.1, 0.15) is 35.3 Å². The van der Waals surface area contributed by atoms with Crippen molar-refractivity contribution in [2.24, 2.45) is 0 Å². The van der Waals surface area contributed by atoms with Gasteiger partial charge in [0.2, 0.25) is 5.91 Å². The molecule has 1 aromatic carbocycles. The fourth-order valence-electron chi connectivity index (χ4n) is 2.98. The molecule has 1 aliphatic heterocycles. The summed E-state index contributed by atoms with van der Waals surface area (Å²) >= 11 is 0. The molecule has 130 valence electrons. The molecule has 1 saturated heterocycles. The van der Waals surface area contributed by atoms with Gasteiger partial charge < -0.3 is 9.80 Å². The summed E-state index contributed by atoms with van der Waals surface area (Å²) in [6, 6.07) is 9.76. The zero-order chi connectivity index (χ0) is 17.5. The standard InChI is InChI=1S/C19H22N4O2/c24-18(22-11-4-5-12-22)8-13-23(15-16-6-2-1-3-7-16)19(25)17-14-20-9-10-21-17/h1-3,6-7,9-10,14H,4-5,8,11-13,15H2. The van der Waals surface area contributed by atoms with Gasteiger partial charge in [-0.1, -0.05) is 30.3 Å². The number of aromatic nitrogens is 2. The molecule has 6 nitrogen and oxygen atoms in total. The first-order valence-corrected chi connectivity index (χ1v) is 8.61. The number of carbonyl (C=O) groups excluding carboxylic acids is 2. The molecular weight excluding hydrogens is 316 g/mol. The molecule has 0 radical (unpaired) electrons. The van der Waals surface area contributed by atoms with E-state index < -0.39 is 0 Å². The topological polar surface area (TPSA) is 66.4 Å². The summed E-state index contributed by atoms with van der Waals surface area (Å²) in [5.41, 5.74) is 1.32. The predicted molar refractivity (Wildman–Crippen MR) is 93.6 cm³/mol. The molecule has 6 heteroatoms. The van der Waals surface area contributed by atoms with Crippen molar-refractivity contribution in [3.05, 3.63) is 60.2 Å². The van der Waals surface area contributed by atoms with Gasteiger partial charge in [0.05, 0.1) is 6.20 Å². The first-order chi connectivity index (χ1) is 12.2. The van der Waals surface area contributed by atoms with Crippen LogP contribution in [0.2, 0.25) is 0 Å². The third-order valence-corrected chi connectivity index (χ3v) is 4.34. The SMILES string of the molecule is O=C(CCN(Cc1ccccc1)C(=O)c1cnccn1)N1CCCC1. The second kappa shape index (κ2) is 8.37. The largest absolute Gasteiger partial charge is 0.343 e. The van der Waals surface area contributed by atoms with Crippen molar-refractivity contribution >= 4 is 11.8 Å². The van der Waals surface area contributed by atoms with E-state index >= 15 is 0 Å². The van der Waals surface area contributed by atoms with Crippen LogP contribution in [-0.2, 0) is 11.3 Å². The fourth-order valence-corrected chi connectivity index (χ4v) is 2.98. The first kappa shape index (κ1) is 17.1. The summed E-state index contributed by atoms with van der Waals surface area (Å²) in [5, 5.41) is 0. The molecule has 0 bridgehead atoms. The van der Waals surface area contributed by atoms with Crippen LogP contribution in [0, 0.1) is 0 Å². The van der Waals surface area contributed by atoms with Crippen LogP contribution < -0.4 is 0 Å². The Morgan fingerprint density at radius 2 is 1.84 bits per heavy atom. The number of likely N-dealkylation sites (tertiary alicyclic amines) is 1. The van der Waals surface area contributed by atoms with E-state index in [1.807, 2.05) is 35.2 Å². The second-order valence-electron chi connectivity index (χ2n) is 6.14. The minimum atomic E-state index is -0.203. The van der Waals surface area contributed by atoms with Gasteiger partial charge in [0.25, 0.3) is 5.91 Å². The molecule has 2 amide bonds. The molecule has 1 aliphatic rings. The predicted octanol–water partition coefficient (Wildman–Crippen LogP) is 2.13. The summed E-state index contributed by atoms with van der Waals surface area (Å²) in [5.74, 6) is -0.0892. The van der Waals surface area contributed by atoms with Gasteiger partial charge in [0.1, 0.15) is 5.69 Å². The van der Waals surface area contributed by atoms with Crippen molar-refractivity contribution in [1.29, 1.82) is 0 Å². The zero-order valence-electron chi connectivity index (χ0n) is 14.2. The molecule has 0 N–H and O–H groups in total. The molecule has 1 aromatic heterocycles. The van der Waals surface area contributed by atoms with E-state index in [4.69, 9.17) is 0 Å². The van der Waals surface area contributed by atoms with Crippen LogP contribution in [0.4, 0.5) is 0 Å². The Morgan fingerprint density at radius 3 is 2.52 bits per heavy atom. The highest BCUT2D eigenvalue weighted by Gasteiger charge is 2.22. The average molecular weight is 338 g/mol. The lowest BCUT2D eigenvalue weighted by Crippen LogP contribution is -2.36. The summed E-state index contributed by atoms with van der Waals surface area (Å²) in [6.45, 7) is 2.48. The summed E-state index contributed by atoms with van der Waals surface area (Å²) in [7, 11) is 0. The van der Waals surface area contributed by atoms with E-state index in [1.165, 1.54) is 18.6 Å². The maximum atomic E-state index is 12.8. The summed E-state index contributed by atoms with van der Waals surface area (Å²) in [4.78, 5) is 36.7. The Labute approximate surface area is 147 Å². The number of benzene rings is 1. The molecule has 25 heavy (non-hydrogen) atoms. The average Bonchev–Trinajstić information content (AvgIpc) is 3.21. The Hall–Kier alpha value is -2.76. The minimum Gasteiger partial charge on any atom is -0.343 e.